The molecule has 0 fully saturated rings. The van der Waals surface area contributed by atoms with Crippen LogP contribution in [0.2, 0.25) is 10.2 Å². The highest BCUT2D eigenvalue weighted by Gasteiger charge is 2.39. The van der Waals surface area contributed by atoms with Crippen molar-refractivity contribution in [1.82, 2.24) is 4.98 Å². The summed E-state index contributed by atoms with van der Waals surface area (Å²) in [6.45, 7) is 1.58. The van der Waals surface area contributed by atoms with Gasteiger partial charge in [0, 0.05) is 17.3 Å². The lowest BCUT2D eigenvalue weighted by molar-refractivity contribution is -0.139. The summed E-state index contributed by atoms with van der Waals surface area (Å²) in [4.78, 5) is 3.43. The smallest absolute Gasteiger partial charge is 0.418 e. The highest BCUT2D eigenvalue weighted by Crippen LogP contribution is 2.49. The normalized spacial score (nSPS) is 12.7. The third kappa shape index (κ3) is 3.88. The minimum atomic E-state index is -4.81. The van der Waals surface area contributed by atoms with Gasteiger partial charge in [-0.15, -0.1) is 0 Å². The zero-order valence-corrected chi connectivity index (χ0v) is 16.3. The summed E-state index contributed by atoms with van der Waals surface area (Å²) in [5.41, 5.74) is -1.41. The Hall–Kier alpha value is -1.90. The van der Waals surface area contributed by atoms with Crippen LogP contribution in [0.25, 0.3) is 0 Å². The van der Waals surface area contributed by atoms with Crippen LogP contribution in [0.15, 0.2) is 12.3 Å². The van der Waals surface area contributed by atoms with Gasteiger partial charge in [0.25, 0.3) is 0 Å². The van der Waals surface area contributed by atoms with Gasteiger partial charge in [-0.1, -0.05) is 23.2 Å². The van der Waals surface area contributed by atoms with Crippen LogP contribution in [0.1, 0.15) is 28.4 Å². The van der Waals surface area contributed by atoms with Crippen LogP contribution in [0, 0.1) is 6.92 Å². The van der Waals surface area contributed by atoms with Crippen molar-refractivity contribution in [1.29, 1.82) is 0 Å². The Bertz CT molecular complexity index is 859. The Morgan fingerprint density at radius 1 is 1.04 bits per heavy atom. The Labute approximate surface area is 163 Å². The molecule has 10 heteroatoms. The molecule has 0 bridgehead atoms. The standard InChI is InChI=1S/C17H16Cl2F3NO4/c1-7-5-9(25-2)14(26-3)15(27-4)10(7)13(24)11-8(17(20,21)22)6-23-16(19)12(11)18/h5-6,13,24H,1-4H3. The molecule has 0 aliphatic carbocycles. The zero-order chi connectivity index (χ0) is 20.5. The molecule has 1 aromatic heterocycles. The van der Waals surface area contributed by atoms with E-state index in [2.05, 4.69) is 4.98 Å². The second-order valence-corrected chi connectivity index (χ2v) is 6.20. The van der Waals surface area contributed by atoms with Gasteiger partial charge < -0.3 is 19.3 Å². The van der Waals surface area contributed by atoms with Gasteiger partial charge in [0.1, 0.15) is 11.3 Å². The average molecular weight is 426 g/mol. The van der Waals surface area contributed by atoms with Crippen molar-refractivity contribution in [2.45, 2.75) is 19.2 Å². The number of aliphatic hydroxyl groups is 1. The number of ether oxygens (including phenoxy) is 3. The van der Waals surface area contributed by atoms with Crippen molar-refractivity contribution in [3.63, 3.8) is 0 Å². The van der Waals surface area contributed by atoms with E-state index in [1.165, 1.54) is 27.4 Å². The second kappa shape index (κ2) is 8.00. The monoisotopic (exact) mass is 425 g/mol. The van der Waals surface area contributed by atoms with E-state index in [4.69, 9.17) is 37.4 Å². The van der Waals surface area contributed by atoms with Gasteiger partial charge in [-0.05, 0) is 18.6 Å². The number of rotatable bonds is 5. The van der Waals surface area contributed by atoms with Crippen molar-refractivity contribution < 1.29 is 32.5 Å². The van der Waals surface area contributed by atoms with E-state index >= 15 is 0 Å². The number of hydrogen-bond acceptors (Lipinski definition) is 5. The average Bonchev–Trinajstić information content (AvgIpc) is 2.60. The number of hydrogen-bond donors (Lipinski definition) is 1. The fourth-order valence-electron chi connectivity index (χ4n) is 2.75. The topological polar surface area (TPSA) is 60.8 Å². The number of aliphatic hydroxyl groups excluding tert-OH is 1. The van der Waals surface area contributed by atoms with Crippen LogP contribution >= 0.6 is 23.2 Å². The highest BCUT2D eigenvalue weighted by atomic mass is 35.5. The van der Waals surface area contributed by atoms with E-state index in [-0.39, 0.29) is 28.0 Å². The minimum Gasteiger partial charge on any atom is -0.493 e. The molecule has 0 saturated heterocycles. The molecule has 0 amide bonds. The van der Waals surface area contributed by atoms with Crippen molar-refractivity contribution in [2.24, 2.45) is 0 Å². The van der Waals surface area contributed by atoms with Gasteiger partial charge in [-0.3, -0.25) is 0 Å². The molecule has 5 nitrogen and oxygen atoms in total. The van der Waals surface area contributed by atoms with E-state index in [0.29, 0.717) is 11.8 Å². The molecule has 1 atom stereocenters. The number of aryl methyl sites for hydroxylation is 1. The van der Waals surface area contributed by atoms with Crippen LogP contribution < -0.4 is 14.2 Å². The summed E-state index contributed by atoms with van der Waals surface area (Å²) in [7, 11) is 4.02. The van der Waals surface area contributed by atoms with Gasteiger partial charge in [0.05, 0.1) is 31.9 Å². The SMILES string of the molecule is COc1cc(C)c(C(O)c2c(C(F)(F)F)cnc(Cl)c2Cl)c(OC)c1OC. The summed E-state index contributed by atoms with van der Waals surface area (Å²) in [5.74, 6) is 0.418. The maximum Gasteiger partial charge on any atom is 0.418 e. The molecule has 1 unspecified atom stereocenters. The van der Waals surface area contributed by atoms with Crippen LogP contribution in [0.4, 0.5) is 13.2 Å². The molecular formula is C17H16Cl2F3NO4. The summed E-state index contributed by atoms with van der Waals surface area (Å²) in [6.07, 6.45) is -6.10. The van der Waals surface area contributed by atoms with Gasteiger partial charge in [0.15, 0.2) is 11.5 Å². The number of benzene rings is 1. The lowest BCUT2D eigenvalue weighted by Crippen LogP contribution is -2.16. The summed E-state index contributed by atoms with van der Waals surface area (Å²) >= 11 is 11.8. The van der Waals surface area contributed by atoms with Crippen molar-refractivity contribution in [3.8, 4) is 17.2 Å². The highest BCUT2D eigenvalue weighted by molar-refractivity contribution is 6.41. The Morgan fingerprint density at radius 3 is 2.11 bits per heavy atom. The van der Waals surface area contributed by atoms with Crippen molar-refractivity contribution in [3.05, 3.63) is 44.7 Å². The summed E-state index contributed by atoms with van der Waals surface area (Å²) in [5, 5.41) is 10.0. The number of aromatic nitrogens is 1. The van der Waals surface area contributed by atoms with E-state index in [0.717, 1.165) is 0 Å². The second-order valence-electron chi connectivity index (χ2n) is 5.47. The number of pyridine rings is 1. The van der Waals surface area contributed by atoms with Crippen LogP contribution in [0.5, 0.6) is 17.2 Å². The third-order valence-electron chi connectivity index (χ3n) is 3.94. The maximum atomic E-state index is 13.5. The lowest BCUT2D eigenvalue weighted by Gasteiger charge is -2.24. The molecule has 0 radical (unpaired) electrons. The molecular weight excluding hydrogens is 410 g/mol. The first-order valence-electron chi connectivity index (χ1n) is 7.47. The number of methoxy groups -OCH3 is 3. The maximum absolute atomic E-state index is 13.5. The van der Waals surface area contributed by atoms with Gasteiger partial charge in [0.2, 0.25) is 5.75 Å². The molecule has 0 spiro atoms. The molecule has 1 aromatic carbocycles. The fourth-order valence-corrected chi connectivity index (χ4v) is 3.16. The fraction of sp³-hybridized carbons (Fsp3) is 0.353. The third-order valence-corrected chi connectivity index (χ3v) is 4.71. The minimum absolute atomic E-state index is 0.0129. The summed E-state index contributed by atoms with van der Waals surface area (Å²) < 4.78 is 56.1. The molecule has 0 aliphatic heterocycles. The van der Waals surface area contributed by atoms with Crippen molar-refractivity contribution in [2.75, 3.05) is 21.3 Å². The first-order valence-corrected chi connectivity index (χ1v) is 8.22. The van der Waals surface area contributed by atoms with Gasteiger partial charge >= 0.3 is 6.18 Å². The van der Waals surface area contributed by atoms with E-state index in [1.807, 2.05) is 0 Å². The van der Waals surface area contributed by atoms with Gasteiger partial charge in [-0.2, -0.15) is 13.2 Å². The Balaban J connectivity index is 2.84. The largest absolute Gasteiger partial charge is 0.493 e. The molecule has 2 aromatic rings. The van der Waals surface area contributed by atoms with Crippen LogP contribution in [0.3, 0.4) is 0 Å². The molecule has 27 heavy (non-hydrogen) atoms. The van der Waals surface area contributed by atoms with Gasteiger partial charge in [-0.25, -0.2) is 4.98 Å². The number of halogens is 5. The number of alkyl halides is 3. The predicted octanol–water partition coefficient (Wildman–Crippen LogP) is 4.82. The Morgan fingerprint density at radius 2 is 1.63 bits per heavy atom. The molecule has 1 heterocycles. The molecule has 1 N–H and O–H groups in total. The lowest BCUT2D eigenvalue weighted by atomic mass is 9.93. The van der Waals surface area contributed by atoms with Crippen molar-refractivity contribution >= 4 is 23.2 Å². The summed E-state index contributed by atoms with van der Waals surface area (Å²) in [6, 6.07) is 1.50. The zero-order valence-electron chi connectivity index (χ0n) is 14.7. The first-order chi connectivity index (χ1) is 12.6. The Kier molecular flexibility index (Phi) is 6.34. The van der Waals surface area contributed by atoms with E-state index in [1.54, 1.807) is 6.92 Å². The molecule has 2 rings (SSSR count). The number of nitrogens with zero attached hydrogens (tertiary/aromatic N) is 1. The van der Waals surface area contributed by atoms with E-state index in [9.17, 15) is 18.3 Å². The van der Waals surface area contributed by atoms with E-state index < -0.39 is 28.4 Å². The molecule has 0 aliphatic rings. The quantitative estimate of drug-likeness (QED) is 0.695. The van der Waals surface area contributed by atoms with Crippen LogP contribution in [-0.2, 0) is 6.18 Å². The molecule has 0 saturated carbocycles. The molecule has 148 valence electrons. The predicted molar refractivity (Wildman–Crippen MR) is 94.2 cm³/mol. The van der Waals surface area contributed by atoms with Crippen LogP contribution in [-0.4, -0.2) is 31.4 Å². The first kappa shape index (κ1) is 21.4.